The molecular formula is C51H101NO7P+. The summed E-state index contributed by atoms with van der Waals surface area (Å²) in [6, 6.07) is 0. The van der Waals surface area contributed by atoms with Crippen LogP contribution in [0.15, 0.2) is 24.3 Å². The van der Waals surface area contributed by atoms with Gasteiger partial charge in [-0.05, 0) is 38.5 Å². The van der Waals surface area contributed by atoms with Gasteiger partial charge in [0.15, 0.2) is 0 Å². The molecule has 0 aliphatic rings. The van der Waals surface area contributed by atoms with E-state index in [0.29, 0.717) is 24.1 Å². The number of unbranched alkanes of at least 4 members (excludes halogenated alkanes) is 30. The number of phosphoric ester groups is 1. The Hall–Kier alpha value is -1.02. The number of esters is 1. The van der Waals surface area contributed by atoms with Crippen LogP contribution in [0.1, 0.15) is 239 Å². The molecule has 0 aliphatic heterocycles. The minimum atomic E-state index is -4.28. The molecule has 0 radical (unpaired) electrons. The molecule has 8 nitrogen and oxygen atoms in total. The SMILES string of the molecule is CCCC/C=C\C/C=C\CCCCCCCCOCC(COP(=O)(O)OCC[N+](C)(C)C)OC(=O)CCCCCCCCCCCCCCCCCCCCCCCCC. The van der Waals surface area contributed by atoms with Crippen LogP contribution < -0.4 is 0 Å². The van der Waals surface area contributed by atoms with Gasteiger partial charge in [-0.3, -0.25) is 13.8 Å². The molecule has 0 bridgehead atoms. The van der Waals surface area contributed by atoms with Crippen LogP contribution in [0.25, 0.3) is 0 Å². The Labute approximate surface area is 373 Å². The van der Waals surface area contributed by atoms with E-state index in [0.717, 1.165) is 44.9 Å². The number of hydrogen-bond acceptors (Lipinski definition) is 6. The third-order valence-corrected chi connectivity index (χ3v) is 12.2. The number of phosphoric acid groups is 1. The molecule has 0 amide bonds. The summed E-state index contributed by atoms with van der Waals surface area (Å²) in [4.78, 5) is 23.0. The fourth-order valence-corrected chi connectivity index (χ4v) is 8.02. The summed E-state index contributed by atoms with van der Waals surface area (Å²) in [5.41, 5.74) is 0. The molecule has 0 heterocycles. The van der Waals surface area contributed by atoms with Crippen molar-refractivity contribution in [2.45, 2.75) is 245 Å². The third-order valence-electron chi connectivity index (χ3n) is 11.3. The van der Waals surface area contributed by atoms with Crippen molar-refractivity contribution in [1.29, 1.82) is 0 Å². The molecule has 0 aliphatic carbocycles. The molecule has 0 fully saturated rings. The lowest BCUT2D eigenvalue weighted by Crippen LogP contribution is -2.37. The molecule has 60 heavy (non-hydrogen) atoms. The summed E-state index contributed by atoms with van der Waals surface area (Å²) in [5, 5.41) is 0. The average molecular weight is 871 g/mol. The van der Waals surface area contributed by atoms with Gasteiger partial charge >= 0.3 is 13.8 Å². The normalized spacial score (nSPS) is 13.8. The zero-order chi connectivity index (χ0) is 44.1. The van der Waals surface area contributed by atoms with Gasteiger partial charge in [0, 0.05) is 13.0 Å². The van der Waals surface area contributed by atoms with E-state index in [1.807, 2.05) is 21.1 Å². The molecule has 2 atom stereocenters. The predicted octanol–water partition coefficient (Wildman–Crippen LogP) is 15.6. The van der Waals surface area contributed by atoms with Crippen molar-refractivity contribution in [3.8, 4) is 0 Å². The number of ether oxygens (including phenoxy) is 2. The van der Waals surface area contributed by atoms with Crippen LogP contribution >= 0.6 is 7.82 Å². The van der Waals surface area contributed by atoms with E-state index in [4.69, 9.17) is 18.5 Å². The molecule has 0 aromatic carbocycles. The first kappa shape index (κ1) is 59.0. The van der Waals surface area contributed by atoms with Crippen molar-refractivity contribution in [3.05, 3.63) is 24.3 Å². The Morgan fingerprint density at radius 3 is 1.40 bits per heavy atom. The smallest absolute Gasteiger partial charge is 0.457 e. The molecule has 356 valence electrons. The fourth-order valence-electron chi connectivity index (χ4n) is 7.28. The zero-order valence-corrected chi connectivity index (χ0v) is 41.4. The van der Waals surface area contributed by atoms with Crippen molar-refractivity contribution in [2.75, 3.05) is 54.1 Å². The van der Waals surface area contributed by atoms with Gasteiger partial charge in [0.25, 0.3) is 0 Å². The van der Waals surface area contributed by atoms with Gasteiger partial charge in [-0.25, -0.2) is 4.57 Å². The highest BCUT2D eigenvalue weighted by Crippen LogP contribution is 2.43. The van der Waals surface area contributed by atoms with E-state index in [2.05, 4.69) is 38.2 Å². The summed E-state index contributed by atoms with van der Waals surface area (Å²) in [7, 11) is 1.67. The van der Waals surface area contributed by atoms with Gasteiger partial charge in [0.05, 0.1) is 34.4 Å². The van der Waals surface area contributed by atoms with Crippen LogP contribution in [0.3, 0.4) is 0 Å². The van der Waals surface area contributed by atoms with Gasteiger partial charge in [0.2, 0.25) is 0 Å². The van der Waals surface area contributed by atoms with Gasteiger partial charge in [-0.2, -0.15) is 0 Å². The molecule has 1 N–H and O–H groups in total. The third kappa shape index (κ3) is 48.0. The number of quaternary nitrogens is 1. The first-order valence-electron chi connectivity index (χ1n) is 25.6. The minimum absolute atomic E-state index is 0.0886. The second-order valence-corrected chi connectivity index (χ2v) is 20.0. The van der Waals surface area contributed by atoms with E-state index in [1.54, 1.807) is 0 Å². The first-order valence-corrected chi connectivity index (χ1v) is 27.1. The lowest BCUT2D eigenvalue weighted by Gasteiger charge is -2.24. The zero-order valence-electron chi connectivity index (χ0n) is 40.5. The van der Waals surface area contributed by atoms with Crippen LogP contribution in [0, 0.1) is 0 Å². The highest BCUT2D eigenvalue weighted by molar-refractivity contribution is 7.47. The number of carbonyl (C=O) groups excluding carboxylic acids is 1. The van der Waals surface area contributed by atoms with Crippen LogP contribution in [-0.4, -0.2) is 75.6 Å². The summed E-state index contributed by atoms with van der Waals surface area (Å²) in [6.07, 6.45) is 52.2. The molecule has 0 rings (SSSR count). The summed E-state index contributed by atoms with van der Waals surface area (Å²) < 4.78 is 35.1. The monoisotopic (exact) mass is 871 g/mol. The molecule has 0 spiro atoms. The topological polar surface area (TPSA) is 91.3 Å². The standard InChI is InChI=1S/C51H100NO7P/c1-6-8-10-12-14-16-18-20-22-23-24-25-26-27-28-29-30-32-34-36-38-40-42-44-51(53)59-50(49-58-60(54,55)57-47-45-52(3,4)5)48-56-46-43-41-39-37-35-33-31-21-19-17-15-13-11-9-7-2/h13,15,19,21,50H,6-12,14,16-18,20,22-49H2,1-5H3/p+1/b15-13-,21-19-. The number of hydrogen-bond donors (Lipinski definition) is 1. The van der Waals surface area contributed by atoms with Crippen molar-refractivity contribution in [3.63, 3.8) is 0 Å². The molecule has 0 saturated heterocycles. The maximum Gasteiger partial charge on any atom is 0.472 e. The van der Waals surface area contributed by atoms with Crippen molar-refractivity contribution in [2.24, 2.45) is 0 Å². The second kappa shape index (κ2) is 44.6. The first-order chi connectivity index (χ1) is 29.1. The van der Waals surface area contributed by atoms with Crippen LogP contribution in [0.5, 0.6) is 0 Å². The number of nitrogens with zero attached hydrogens (tertiary/aromatic N) is 1. The van der Waals surface area contributed by atoms with Crippen LogP contribution in [0.2, 0.25) is 0 Å². The fraction of sp³-hybridized carbons (Fsp3) is 0.902. The van der Waals surface area contributed by atoms with E-state index in [9.17, 15) is 14.3 Å². The lowest BCUT2D eigenvalue weighted by atomic mass is 10.0. The predicted molar refractivity (Wildman–Crippen MR) is 257 cm³/mol. The summed E-state index contributed by atoms with van der Waals surface area (Å²) >= 11 is 0. The molecule has 0 aromatic heterocycles. The van der Waals surface area contributed by atoms with Gasteiger partial charge in [-0.15, -0.1) is 0 Å². The van der Waals surface area contributed by atoms with Gasteiger partial charge < -0.3 is 18.9 Å². The van der Waals surface area contributed by atoms with Crippen LogP contribution in [0.4, 0.5) is 0 Å². The summed E-state index contributed by atoms with van der Waals surface area (Å²) in [6.45, 7) is 5.61. The maximum absolute atomic E-state index is 12.8. The Kier molecular flexibility index (Phi) is 43.8. The van der Waals surface area contributed by atoms with Crippen molar-refractivity contribution in [1.82, 2.24) is 0 Å². The maximum atomic E-state index is 12.8. The van der Waals surface area contributed by atoms with Crippen molar-refractivity contribution < 1.29 is 37.3 Å². The number of carbonyl (C=O) groups is 1. The molecule has 2 unspecified atom stereocenters. The highest BCUT2D eigenvalue weighted by atomic mass is 31.2. The largest absolute Gasteiger partial charge is 0.472 e. The Morgan fingerprint density at radius 2 is 0.933 bits per heavy atom. The highest BCUT2D eigenvalue weighted by Gasteiger charge is 2.26. The molecular weight excluding hydrogens is 770 g/mol. The Morgan fingerprint density at radius 1 is 0.517 bits per heavy atom. The van der Waals surface area contributed by atoms with E-state index in [-0.39, 0.29) is 25.8 Å². The lowest BCUT2D eigenvalue weighted by molar-refractivity contribution is -0.870. The van der Waals surface area contributed by atoms with Gasteiger partial charge in [-0.1, -0.05) is 218 Å². The Bertz CT molecular complexity index is 1010. The quantitative estimate of drug-likeness (QED) is 0.0214. The van der Waals surface area contributed by atoms with E-state index in [1.165, 1.54) is 173 Å². The minimum Gasteiger partial charge on any atom is -0.457 e. The molecule has 0 saturated carbocycles. The van der Waals surface area contributed by atoms with E-state index < -0.39 is 13.9 Å². The summed E-state index contributed by atoms with van der Waals surface area (Å²) in [5.74, 6) is -0.312. The number of allylic oxidation sites excluding steroid dienone is 4. The van der Waals surface area contributed by atoms with Crippen LogP contribution in [-0.2, 0) is 27.9 Å². The molecule has 9 heteroatoms. The Balaban J connectivity index is 4.08. The number of likely N-dealkylation sites (N-methyl/N-ethyl adjacent to an activating group) is 1. The number of rotatable bonds is 48. The van der Waals surface area contributed by atoms with Crippen molar-refractivity contribution >= 4 is 13.8 Å². The van der Waals surface area contributed by atoms with Gasteiger partial charge in [0.1, 0.15) is 19.3 Å². The molecule has 0 aromatic rings. The average Bonchev–Trinajstić information content (AvgIpc) is 3.20. The second-order valence-electron chi connectivity index (χ2n) is 18.6. The van der Waals surface area contributed by atoms with E-state index >= 15 is 0 Å².